The molecule has 3 aromatic rings. The average Bonchev–Trinajstić information content (AvgIpc) is 3.12. The van der Waals surface area contributed by atoms with Crippen LogP contribution in [0.25, 0.3) is 5.57 Å². The van der Waals surface area contributed by atoms with E-state index < -0.39 is 0 Å². The van der Waals surface area contributed by atoms with Gasteiger partial charge < -0.3 is 9.64 Å². The lowest BCUT2D eigenvalue weighted by atomic mass is 9.98. The van der Waals surface area contributed by atoms with E-state index >= 15 is 0 Å². The number of para-hydroxylation sites is 1. The second-order valence-corrected chi connectivity index (χ2v) is 8.53. The number of imide groups is 1. The Kier molecular flexibility index (Phi) is 6.12. The number of fused-ring (bicyclic) bond motifs is 1. The summed E-state index contributed by atoms with van der Waals surface area (Å²) < 4.78 is 5.72. The zero-order valence-electron chi connectivity index (χ0n) is 19.2. The summed E-state index contributed by atoms with van der Waals surface area (Å²) in [6.07, 6.45) is 6.14. The van der Waals surface area contributed by atoms with Gasteiger partial charge >= 0.3 is 0 Å². The first-order valence-corrected chi connectivity index (χ1v) is 11.8. The molecule has 2 amide bonds. The van der Waals surface area contributed by atoms with Gasteiger partial charge in [0.15, 0.2) is 0 Å². The molecular weight excluding hydrogens is 426 g/mol. The predicted molar refractivity (Wildman–Crippen MR) is 131 cm³/mol. The van der Waals surface area contributed by atoms with Crippen molar-refractivity contribution in [3.63, 3.8) is 0 Å². The Morgan fingerprint density at radius 2 is 1.71 bits per heavy atom. The molecule has 0 N–H and O–H groups in total. The molecule has 0 saturated carbocycles. The molecule has 0 atom stereocenters. The molecule has 3 heterocycles. The van der Waals surface area contributed by atoms with Crippen LogP contribution in [0.3, 0.4) is 0 Å². The molecule has 5 rings (SSSR count). The number of pyridine rings is 1. The van der Waals surface area contributed by atoms with E-state index in [1.807, 2.05) is 59.5 Å². The van der Waals surface area contributed by atoms with Gasteiger partial charge in [-0.15, -0.1) is 0 Å². The van der Waals surface area contributed by atoms with Crippen molar-refractivity contribution in [1.82, 2.24) is 9.88 Å². The van der Waals surface area contributed by atoms with E-state index in [9.17, 15) is 9.59 Å². The lowest BCUT2D eigenvalue weighted by Crippen LogP contribution is -2.36. The Bertz CT molecular complexity index is 1240. The molecule has 1 aromatic heterocycles. The van der Waals surface area contributed by atoms with Crippen molar-refractivity contribution in [1.29, 1.82) is 0 Å². The summed E-state index contributed by atoms with van der Waals surface area (Å²) in [5.41, 5.74) is 4.66. The summed E-state index contributed by atoms with van der Waals surface area (Å²) in [6, 6.07) is 19.3. The fourth-order valence-corrected chi connectivity index (χ4v) is 4.59. The quantitative estimate of drug-likeness (QED) is 0.489. The maximum absolute atomic E-state index is 13.8. The molecule has 0 saturated heterocycles. The number of aryl methyl sites for hydroxylation is 1. The Morgan fingerprint density at radius 1 is 0.941 bits per heavy atom. The maximum Gasteiger partial charge on any atom is 0.278 e. The molecule has 6 heteroatoms. The molecule has 6 nitrogen and oxygen atoms in total. The van der Waals surface area contributed by atoms with E-state index in [0.29, 0.717) is 24.4 Å². The summed E-state index contributed by atoms with van der Waals surface area (Å²) in [5, 5.41) is 0. The van der Waals surface area contributed by atoms with Crippen molar-refractivity contribution in [3.8, 4) is 5.75 Å². The highest BCUT2D eigenvalue weighted by Gasteiger charge is 2.42. The van der Waals surface area contributed by atoms with Gasteiger partial charge in [-0.1, -0.05) is 37.3 Å². The number of carbonyl (C=O) groups is 2. The molecule has 0 fully saturated rings. The van der Waals surface area contributed by atoms with Gasteiger partial charge in [0.2, 0.25) is 0 Å². The van der Waals surface area contributed by atoms with Gasteiger partial charge in [0.1, 0.15) is 11.4 Å². The van der Waals surface area contributed by atoms with Crippen molar-refractivity contribution in [2.75, 3.05) is 18.1 Å². The third-order valence-corrected chi connectivity index (χ3v) is 6.23. The first kappa shape index (κ1) is 21.9. The van der Waals surface area contributed by atoms with Crippen LogP contribution >= 0.6 is 0 Å². The van der Waals surface area contributed by atoms with Gasteiger partial charge in [0.25, 0.3) is 11.8 Å². The van der Waals surface area contributed by atoms with Crippen LogP contribution in [0.2, 0.25) is 0 Å². The van der Waals surface area contributed by atoms with E-state index in [1.165, 1.54) is 10.5 Å². The molecular formula is C28H27N3O3. The fourth-order valence-electron chi connectivity index (χ4n) is 4.59. The second kappa shape index (κ2) is 9.51. The molecule has 0 spiro atoms. The number of anilines is 1. The van der Waals surface area contributed by atoms with Crippen molar-refractivity contribution in [3.05, 3.63) is 95.4 Å². The summed E-state index contributed by atoms with van der Waals surface area (Å²) >= 11 is 0. The molecule has 172 valence electrons. The number of aromatic nitrogens is 1. The number of rotatable bonds is 7. The summed E-state index contributed by atoms with van der Waals surface area (Å²) in [4.78, 5) is 34.9. The molecule has 0 radical (unpaired) electrons. The van der Waals surface area contributed by atoms with Gasteiger partial charge in [-0.25, -0.2) is 0 Å². The monoisotopic (exact) mass is 453 g/mol. The van der Waals surface area contributed by atoms with Crippen LogP contribution in [0.5, 0.6) is 5.75 Å². The zero-order valence-corrected chi connectivity index (χ0v) is 19.2. The van der Waals surface area contributed by atoms with Gasteiger partial charge in [-0.2, -0.15) is 0 Å². The number of carbonyl (C=O) groups excluding carboxylic acids is 2. The van der Waals surface area contributed by atoms with E-state index in [4.69, 9.17) is 4.74 Å². The summed E-state index contributed by atoms with van der Waals surface area (Å²) in [6.45, 7) is 3.59. The SMILES string of the molecule is CCCOc1ccc(C2=C(N3CCCc4ccccc43)C(=O)N(Cc3ccncc3)C2=O)cc1. The second-order valence-electron chi connectivity index (χ2n) is 8.53. The number of nitrogens with zero attached hydrogens (tertiary/aromatic N) is 3. The summed E-state index contributed by atoms with van der Waals surface area (Å²) in [7, 11) is 0. The lowest BCUT2D eigenvalue weighted by Gasteiger charge is -2.32. The molecule has 2 aliphatic rings. The fraction of sp³-hybridized carbons (Fsp3) is 0.250. The minimum atomic E-state index is -0.276. The standard InChI is InChI=1S/C28H27N3O3/c1-2-18-34-23-11-9-22(10-12-23)25-26(30-17-5-7-21-6-3-4-8-24(21)30)28(33)31(27(25)32)19-20-13-15-29-16-14-20/h3-4,6,8-16H,2,5,7,17-19H2,1H3. The highest BCUT2D eigenvalue weighted by atomic mass is 16.5. The van der Waals surface area contributed by atoms with Crippen molar-refractivity contribution < 1.29 is 14.3 Å². The average molecular weight is 454 g/mol. The number of hydrogen-bond donors (Lipinski definition) is 0. The normalized spacial score (nSPS) is 15.7. The third kappa shape index (κ3) is 4.07. The van der Waals surface area contributed by atoms with Crippen LogP contribution in [-0.4, -0.2) is 34.8 Å². The topological polar surface area (TPSA) is 62.7 Å². The molecule has 0 aliphatic carbocycles. The molecule has 0 bridgehead atoms. The molecule has 2 aliphatic heterocycles. The van der Waals surface area contributed by atoms with Crippen LogP contribution in [0.1, 0.15) is 36.5 Å². The van der Waals surface area contributed by atoms with Crippen molar-refractivity contribution in [2.45, 2.75) is 32.7 Å². The summed E-state index contributed by atoms with van der Waals surface area (Å²) in [5.74, 6) is 0.211. The predicted octanol–water partition coefficient (Wildman–Crippen LogP) is 4.60. The number of benzene rings is 2. The van der Waals surface area contributed by atoms with Crippen molar-refractivity contribution >= 4 is 23.1 Å². The number of amides is 2. The van der Waals surface area contributed by atoms with E-state index in [2.05, 4.69) is 18.0 Å². The number of ether oxygens (including phenoxy) is 1. The largest absolute Gasteiger partial charge is 0.494 e. The van der Waals surface area contributed by atoms with Crippen LogP contribution < -0.4 is 9.64 Å². The molecule has 2 aromatic carbocycles. The zero-order chi connectivity index (χ0) is 23.5. The van der Waals surface area contributed by atoms with Crippen LogP contribution in [-0.2, 0) is 22.6 Å². The Hall–Kier alpha value is -3.93. The van der Waals surface area contributed by atoms with Gasteiger partial charge in [0.05, 0.1) is 18.7 Å². The first-order valence-electron chi connectivity index (χ1n) is 11.8. The van der Waals surface area contributed by atoms with E-state index in [-0.39, 0.29) is 18.4 Å². The van der Waals surface area contributed by atoms with Gasteiger partial charge in [-0.05, 0) is 66.3 Å². The minimum absolute atomic E-state index is 0.209. The van der Waals surface area contributed by atoms with E-state index in [1.54, 1.807) is 12.4 Å². The highest BCUT2D eigenvalue weighted by Crippen LogP contribution is 2.38. The Balaban J connectivity index is 1.58. The Morgan fingerprint density at radius 3 is 2.47 bits per heavy atom. The third-order valence-electron chi connectivity index (χ3n) is 6.23. The van der Waals surface area contributed by atoms with Crippen LogP contribution in [0.4, 0.5) is 5.69 Å². The van der Waals surface area contributed by atoms with Gasteiger partial charge in [0, 0.05) is 24.6 Å². The van der Waals surface area contributed by atoms with Crippen molar-refractivity contribution in [2.24, 2.45) is 0 Å². The molecule has 0 unspecified atom stereocenters. The van der Waals surface area contributed by atoms with Crippen LogP contribution in [0.15, 0.2) is 78.8 Å². The smallest absolute Gasteiger partial charge is 0.278 e. The maximum atomic E-state index is 13.8. The lowest BCUT2D eigenvalue weighted by molar-refractivity contribution is -0.137. The number of hydrogen-bond acceptors (Lipinski definition) is 5. The molecule has 34 heavy (non-hydrogen) atoms. The van der Waals surface area contributed by atoms with E-state index in [0.717, 1.165) is 41.8 Å². The Labute approximate surface area is 199 Å². The highest BCUT2D eigenvalue weighted by molar-refractivity contribution is 6.36. The van der Waals surface area contributed by atoms with Crippen LogP contribution in [0, 0.1) is 0 Å². The van der Waals surface area contributed by atoms with Gasteiger partial charge in [-0.3, -0.25) is 19.5 Å². The first-order chi connectivity index (χ1) is 16.7. The minimum Gasteiger partial charge on any atom is -0.494 e.